The molecule has 20 heavy (non-hydrogen) atoms. The maximum atomic E-state index is 6.15. The van der Waals surface area contributed by atoms with E-state index in [1.54, 1.807) is 7.11 Å². The summed E-state index contributed by atoms with van der Waals surface area (Å²) in [5, 5.41) is 0. The molecule has 0 fully saturated rings. The van der Waals surface area contributed by atoms with Crippen LogP contribution in [0, 0.1) is 5.92 Å². The van der Waals surface area contributed by atoms with Crippen LogP contribution in [-0.2, 0) is 4.74 Å². The van der Waals surface area contributed by atoms with Crippen LogP contribution in [0.1, 0.15) is 51.2 Å². The molecule has 2 nitrogen and oxygen atoms in total. The van der Waals surface area contributed by atoms with Gasteiger partial charge >= 0.3 is 0 Å². The fourth-order valence-electron chi connectivity index (χ4n) is 2.20. The van der Waals surface area contributed by atoms with Crippen LogP contribution in [0.2, 0.25) is 0 Å². The largest absolute Gasteiger partial charge is 0.497 e. The van der Waals surface area contributed by atoms with Crippen molar-refractivity contribution in [2.45, 2.75) is 45.6 Å². The highest BCUT2D eigenvalue weighted by atomic mass is 127. The number of methoxy groups -OCH3 is 1. The average Bonchev–Trinajstić information content (AvgIpc) is 2.51. The number of halogens is 1. The van der Waals surface area contributed by atoms with Crippen molar-refractivity contribution in [3.63, 3.8) is 0 Å². The Balaban J connectivity index is 2.52. The van der Waals surface area contributed by atoms with Crippen molar-refractivity contribution in [3.8, 4) is 5.75 Å². The zero-order chi connectivity index (χ0) is 14.8. The number of alkyl halides is 1. The minimum Gasteiger partial charge on any atom is -0.497 e. The molecular formula is C17H27IO2. The van der Waals surface area contributed by atoms with Crippen molar-refractivity contribution in [2.24, 2.45) is 5.92 Å². The zero-order valence-corrected chi connectivity index (χ0v) is 15.1. The molecule has 1 aromatic carbocycles. The van der Waals surface area contributed by atoms with Crippen molar-refractivity contribution in [2.75, 3.05) is 18.1 Å². The first-order valence-electron chi connectivity index (χ1n) is 7.56. The Kier molecular flexibility index (Phi) is 9.27. The third kappa shape index (κ3) is 6.00. The molecule has 0 saturated carbocycles. The molecule has 0 bridgehead atoms. The number of unbranched alkanes of at least 4 members (excludes halogenated alkanes) is 1. The summed E-state index contributed by atoms with van der Waals surface area (Å²) in [6.45, 7) is 5.38. The molecule has 2 atom stereocenters. The van der Waals surface area contributed by atoms with Crippen molar-refractivity contribution < 1.29 is 9.47 Å². The van der Waals surface area contributed by atoms with E-state index >= 15 is 0 Å². The van der Waals surface area contributed by atoms with Gasteiger partial charge in [-0.05, 0) is 30.0 Å². The minimum absolute atomic E-state index is 0.192. The Morgan fingerprint density at radius 1 is 1.15 bits per heavy atom. The van der Waals surface area contributed by atoms with E-state index in [4.69, 9.17) is 9.47 Å². The molecule has 2 unspecified atom stereocenters. The minimum atomic E-state index is 0.192. The SMILES string of the molecule is CCCCC(CC)COC(CI)c1ccc(OC)cc1. The van der Waals surface area contributed by atoms with E-state index < -0.39 is 0 Å². The van der Waals surface area contributed by atoms with Gasteiger partial charge in [-0.25, -0.2) is 0 Å². The van der Waals surface area contributed by atoms with Crippen LogP contribution in [0.15, 0.2) is 24.3 Å². The van der Waals surface area contributed by atoms with Crippen LogP contribution >= 0.6 is 22.6 Å². The molecule has 0 spiro atoms. The maximum absolute atomic E-state index is 6.15. The number of ether oxygens (including phenoxy) is 2. The zero-order valence-electron chi connectivity index (χ0n) is 12.9. The lowest BCUT2D eigenvalue weighted by atomic mass is 10.0. The average molecular weight is 390 g/mol. The van der Waals surface area contributed by atoms with Crippen LogP contribution < -0.4 is 4.74 Å². The summed E-state index contributed by atoms with van der Waals surface area (Å²) in [6, 6.07) is 8.23. The van der Waals surface area contributed by atoms with Crippen LogP contribution in [-0.4, -0.2) is 18.1 Å². The summed E-state index contributed by atoms with van der Waals surface area (Å²) in [5.41, 5.74) is 1.24. The molecular weight excluding hydrogens is 363 g/mol. The lowest BCUT2D eigenvalue weighted by Gasteiger charge is -2.21. The highest BCUT2D eigenvalue weighted by molar-refractivity contribution is 14.1. The first kappa shape index (κ1) is 17.8. The van der Waals surface area contributed by atoms with Crippen molar-refractivity contribution in [1.29, 1.82) is 0 Å². The monoisotopic (exact) mass is 390 g/mol. The molecule has 0 N–H and O–H groups in total. The first-order chi connectivity index (χ1) is 9.74. The summed E-state index contributed by atoms with van der Waals surface area (Å²) < 4.78 is 12.3. The highest BCUT2D eigenvalue weighted by Crippen LogP contribution is 2.24. The summed E-state index contributed by atoms with van der Waals surface area (Å²) >= 11 is 2.40. The molecule has 114 valence electrons. The van der Waals surface area contributed by atoms with E-state index in [9.17, 15) is 0 Å². The molecule has 0 aliphatic rings. The number of benzene rings is 1. The highest BCUT2D eigenvalue weighted by Gasteiger charge is 2.14. The molecule has 0 radical (unpaired) electrons. The Hall–Kier alpha value is -0.290. The van der Waals surface area contributed by atoms with Gasteiger partial charge in [-0.3, -0.25) is 0 Å². The van der Waals surface area contributed by atoms with E-state index in [-0.39, 0.29) is 6.10 Å². The van der Waals surface area contributed by atoms with Gasteiger partial charge in [0.25, 0.3) is 0 Å². The van der Waals surface area contributed by atoms with E-state index in [0.717, 1.165) is 16.8 Å². The van der Waals surface area contributed by atoms with Gasteiger partial charge in [0.1, 0.15) is 5.75 Å². The van der Waals surface area contributed by atoms with E-state index in [0.29, 0.717) is 5.92 Å². The molecule has 0 heterocycles. The Labute approximate surface area is 137 Å². The third-order valence-electron chi connectivity index (χ3n) is 3.70. The summed E-state index contributed by atoms with van der Waals surface area (Å²) in [5.74, 6) is 1.59. The second-order valence-electron chi connectivity index (χ2n) is 5.17. The van der Waals surface area contributed by atoms with Crippen molar-refractivity contribution in [1.82, 2.24) is 0 Å². The molecule has 1 rings (SSSR count). The molecule has 0 aliphatic heterocycles. The predicted molar refractivity (Wildman–Crippen MR) is 93.9 cm³/mol. The van der Waals surface area contributed by atoms with Crippen LogP contribution in [0.5, 0.6) is 5.75 Å². The van der Waals surface area contributed by atoms with E-state index in [1.165, 1.54) is 31.2 Å². The lowest BCUT2D eigenvalue weighted by molar-refractivity contribution is 0.0402. The second kappa shape index (κ2) is 10.4. The Bertz CT molecular complexity index is 351. The third-order valence-corrected chi connectivity index (χ3v) is 4.50. The van der Waals surface area contributed by atoms with Gasteiger partial charge in [-0.1, -0.05) is 67.8 Å². The molecule has 0 aromatic heterocycles. The topological polar surface area (TPSA) is 18.5 Å². The standard InChI is InChI=1S/C17H27IO2/c1-4-6-7-14(5-2)13-20-17(12-18)15-8-10-16(19-3)11-9-15/h8-11,14,17H,4-7,12-13H2,1-3H3. The number of rotatable bonds is 10. The molecule has 0 amide bonds. The second-order valence-corrected chi connectivity index (χ2v) is 6.05. The fraction of sp³-hybridized carbons (Fsp3) is 0.647. The Morgan fingerprint density at radius 2 is 1.85 bits per heavy atom. The molecule has 0 aliphatic carbocycles. The normalized spacial score (nSPS) is 14.0. The van der Waals surface area contributed by atoms with Gasteiger partial charge in [0.05, 0.1) is 19.8 Å². The molecule has 3 heteroatoms. The van der Waals surface area contributed by atoms with E-state index in [1.807, 2.05) is 12.1 Å². The first-order valence-corrected chi connectivity index (χ1v) is 9.09. The number of hydrogen-bond donors (Lipinski definition) is 0. The Morgan fingerprint density at radius 3 is 2.35 bits per heavy atom. The van der Waals surface area contributed by atoms with Crippen LogP contribution in [0.4, 0.5) is 0 Å². The summed E-state index contributed by atoms with van der Waals surface area (Å²) in [6.07, 6.45) is 5.25. The smallest absolute Gasteiger partial charge is 0.118 e. The van der Waals surface area contributed by atoms with Gasteiger partial charge in [0.2, 0.25) is 0 Å². The number of hydrogen-bond acceptors (Lipinski definition) is 2. The molecule has 0 saturated heterocycles. The predicted octanol–water partition coefficient (Wildman–Crippen LogP) is 5.40. The molecule has 1 aromatic rings. The lowest BCUT2D eigenvalue weighted by Crippen LogP contribution is -2.14. The van der Waals surface area contributed by atoms with Crippen molar-refractivity contribution in [3.05, 3.63) is 29.8 Å². The summed E-state index contributed by atoms with van der Waals surface area (Å²) in [7, 11) is 1.70. The van der Waals surface area contributed by atoms with Crippen molar-refractivity contribution >= 4 is 22.6 Å². The van der Waals surface area contributed by atoms with Gasteiger partial charge in [0.15, 0.2) is 0 Å². The fourth-order valence-corrected chi connectivity index (χ4v) is 2.96. The van der Waals surface area contributed by atoms with Gasteiger partial charge in [-0.2, -0.15) is 0 Å². The van der Waals surface area contributed by atoms with Gasteiger partial charge in [0, 0.05) is 4.43 Å². The van der Waals surface area contributed by atoms with Gasteiger partial charge < -0.3 is 9.47 Å². The summed E-state index contributed by atoms with van der Waals surface area (Å²) in [4.78, 5) is 0. The van der Waals surface area contributed by atoms with Gasteiger partial charge in [-0.15, -0.1) is 0 Å². The van der Waals surface area contributed by atoms with E-state index in [2.05, 4.69) is 48.6 Å². The van der Waals surface area contributed by atoms with Crippen LogP contribution in [0.3, 0.4) is 0 Å². The quantitative estimate of drug-likeness (QED) is 0.393. The maximum Gasteiger partial charge on any atom is 0.118 e. The van der Waals surface area contributed by atoms with Crippen LogP contribution in [0.25, 0.3) is 0 Å².